The molecule has 3 aliphatic rings. The Labute approximate surface area is 163 Å². The van der Waals surface area contributed by atoms with Gasteiger partial charge in [0.25, 0.3) is 0 Å². The van der Waals surface area contributed by atoms with Crippen LogP contribution in [0.5, 0.6) is 0 Å². The molecule has 2 heterocycles. The molecule has 27 heavy (non-hydrogen) atoms. The number of carbonyl (C=O) groups is 2. The van der Waals surface area contributed by atoms with Crippen LogP contribution in [0.15, 0.2) is 0 Å². The smallest absolute Gasteiger partial charge is 0.239 e. The van der Waals surface area contributed by atoms with Gasteiger partial charge in [0.2, 0.25) is 11.8 Å². The Hall–Kier alpha value is -1.18. The van der Waals surface area contributed by atoms with Gasteiger partial charge in [0.05, 0.1) is 25.8 Å². The maximum atomic E-state index is 12.9. The topological polar surface area (TPSA) is 56.3 Å². The maximum Gasteiger partial charge on any atom is 0.239 e. The van der Waals surface area contributed by atoms with E-state index in [-0.39, 0.29) is 17.9 Å². The van der Waals surface area contributed by atoms with Gasteiger partial charge in [-0.2, -0.15) is 0 Å². The summed E-state index contributed by atoms with van der Waals surface area (Å²) in [6.07, 6.45) is 6.05. The number of piperazine rings is 1. The van der Waals surface area contributed by atoms with Crippen molar-refractivity contribution in [1.82, 2.24) is 19.6 Å². The monoisotopic (exact) mass is 380 g/mol. The summed E-state index contributed by atoms with van der Waals surface area (Å²) in [5.74, 6) is 0.435. The summed E-state index contributed by atoms with van der Waals surface area (Å²) in [6.45, 7) is 8.61. The molecule has 0 aromatic heterocycles. The Balaban J connectivity index is 1.43. The van der Waals surface area contributed by atoms with Crippen molar-refractivity contribution in [2.75, 3.05) is 66.1 Å². The van der Waals surface area contributed by atoms with Gasteiger partial charge in [-0.3, -0.25) is 19.4 Å². The number of amides is 2. The van der Waals surface area contributed by atoms with E-state index in [4.69, 9.17) is 4.74 Å². The molecule has 3 rings (SSSR count). The molecule has 1 aliphatic carbocycles. The van der Waals surface area contributed by atoms with E-state index in [1.807, 2.05) is 23.8 Å². The van der Waals surface area contributed by atoms with Gasteiger partial charge in [0.1, 0.15) is 0 Å². The third-order valence-corrected chi connectivity index (χ3v) is 6.50. The first-order valence-corrected chi connectivity index (χ1v) is 10.6. The number of hydrogen-bond donors (Lipinski definition) is 0. The number of morpholine rings is 1. The fourth-order valence-electron chi connectivity index (χ4n) is 4.51. The first kappa shape index (κ1) is 20.6. The Bertz CT molecular complexity index is 495. The number of ether oxygens (including phenoxy) is 1. The summed E-state index contributed by atoms with van der Waals surface area (Å²) >= 11 is 0. The van der Waals surface area contributed by atoms with Crippen molar-refractivity contribution in [3.8, 4) is 0 Å². The van der Waals surface area contributed by atoms with E-state index in [2.05, 4.69) is 9.80 Å². The van der Waals surface area contributed by atoms with Crippen molar-refractivity contribution in [1.29, 1.82) is 0 Å². The van der Waals surface area contributed by atoms with Crippen LogP contribution in [-0.2, 0) is 14.3 Å². The Kier molecular flexibility index (Phi) is 7.49. The van der Waals surface area contributed by atoms with Crippen molar-refractivity contribution in [3.05, 3.63) is 0 Å². The standard InChI is InChI=1S/C20H36N4O3/c1-17(20(26)21(2)18-6-4-3-5-7-18)23-8-10-24(11-9-23)19(25)16-22-12-14-27-15-13-22/h17-18H,3-16H2,1-2H3. The van der Waals surface area contributed by atoms with Crippen LogP contribution in [0.1, 0.15) is 39.0 Å². The van der Waals surface area contributed by atoms with Crippen LogP contribution in [0.3, 0.4) is 0 Å². The molecule has 2 amide bonds. The molecule has 2 saturated heterocycles. The van der Waals surface area contributed by atoms with E-state index >= 15 is 0 Å². The maximum absolute atomic E-state index is 12.9. The van der Waals surface area contributed by atoms with Gasteiger partial charge in [-0.25, -0.2) is 0 Å². The highest BCUT2D eigenvalue weighted by Crippen LogP contribution is 2.22. The quantitative estimate of drug-likeness (QED) is 0.701. The minimum Gasteiger partial charge on any atom is -0.379 e. The Morgan fingerprint density at radius 2 is 1.63 bits per heavy atom. The highest BCUT2D eigenvalue weighted by atomic mass is 16.5. The van der Waals surface area contributed by atoms with Crippen LogP contribution in [-0.4, -0.2) is 110 Å². The number of rotatable bonds is 5. The van der Waals surface area contributed by atoms with Crippen molar-refractivity contribution in [2.24, 2.45) is 0 Å². The van der Waals surface area contributed by atoms with Crippen LogP contribution in [0.2, 0.25) is 0 Å². The molecule has 0 N–H and O–H groups in total. The fourth-order valence-corrected chi connectivity index (χ4v) is 4.51. The van der Waals surface area contributed by atoms with Gasteiger partial charge in [0, 0.05) is 52.4 Å². The van der Waals surface area contributed by atoms with Crippen LogP contribution in [0.25, 0.3) is 0 Å². The number of hydrogen-bond acceptors (Lipinski definition) is 5. The lowest BCUT2D eigenvalue weighted by molar-refractivity contribution is -0.140. The normalized spacial score (nSPS) is 24.6. The molecule has 1 saturated carbocycles. The minimum absolute atomic E-state index is 0.103. The second-order valence-corrected chi connectivity index (χ2v) is 8.22. The van der Waals surface area contributed by atoms with E-state index in [0.717, 1.165) is 52.2 Å². The Morgan fingerprint density at radius 3 is 2.26 bits per heavy atom. The van der Waals surface area contributed by atoms with E-state index in [1.165, 1.54) is 19.3 Å². The predicted molar refractivity (Wildman–Crippen MR) is 105 cm³/mol. The zero-order valence-corrected chi connectivity index (χ0v) is 17.1. The van der Waals surface area contributed by atoms with Crippen LogP contribution in [0.4, 0.5) is 0 Å². The number of likely N-dealkylation sites (N-methyl/N-ethyl adjacent to an activating group) is 1. The zero-order chi connectivity index (χ0) is 19.2. The summed E-state index contributed by atoms with van der Waals surface area (Å²) in [7, 11) is 1.97. The summed E-state index contributed by atoms with van der Waals surface area (Å²) in [4.78, 5) is 33.8. The third kappa shape index (κ3) is 5.42. The Morgan fingerprint density at radius 1 is 1.00 bits per heavy atom. The van der Waals surface area contributed by atoms with Crippen LogP contribution in [0, 0.1) is 0 Å². The second kappa shape index (κ2) is 9.85. The summed E-state index contributed by atoms with van der Waals surface area (Å²) in [6, 6.07) is 0.304. The van der Waals surface area contributed by atoms with Crippen LogP contribution >= 0.6 is 0 Å². The van der Waals surface area contributed by atoms with Gasteiger partial charge in [-0.1, -0.05) is 19.3 Å². The van der Waals surface area contributed by atoms with Gasteiger partial charge in [-0.15, -0.1) is 0 Å². The summed E-state index contributed by atoms with van der Waals surface area (Å²) in [5.41, 5.74) is 0. The average molecular weight is 381 g/mol. The van der Waals surface area contributed by atoms with Gasteiger partial charge in [-0.05, 0) is 19.8 Å². The van der Waals surface area contributed by atoms with Crippen molar-refractivity contribution in [2.45, 2.75) is 51.1 Å². The molecule has 0 aromatic carbocycles. The first-order valence-electron chi connectivity index (χ1n) is 10.6. The minimum atomic E-state index is -0.103. The second-order valence-electron chi connectivity index (χ2n) is 8.22. The molecule has 1 unspecified atom stereocenters. The van der Waals surface area contributed by atoms with Crippen LogP contribution < -0.4 is 0 Å². The van der Waals surface area contributed by atoms with E-state index in [0.29, 0.717) is 25.7 Å². The predicted octanol–water partition coefficient (Wildman–Crippen LogP) is 0.642. The molecule has 7 nitrogen and oxygen atoms in total. The SMILES string of the molecule is CC(C(=O)N(C)C1CCCCC1)N1CCN(C(=O)CN2CCOCC2)CC1. The molecule has 2 aliphatic heterocycles. The average Bonchev–Trinajstić information content (AvgIpc) is 2.73. The first-order chi connectivity index (χ1) is 13.1. The molecular weight excluding hydrogens is 344 g/mol. The molecular formula is C20H36N4O3. The molecule has 0 bridgehead atoms. The van der Waals surface area contributed by atoms with Gasteiger partial charge < -0.3 is 14.5 Å². The van der Waals surface area contributed by atoms with Crippen molar-refractivity contribution in [3.63, 3.8) is 0 Å². The van der Waals surface area contributed by atoms with E-state index in [1.54, 1.807) is 0 Å². The van der Waals surface area contributed by atoms with E-state index in [9.17, 15) is 9.59 Å². The molecule has 154 valence electrons. The fraction of sp³-hybridized carbons (Fsp3) is 0.900. The van der Waals surface area contributed by atoms with Crippen molar-refractivity contribution >= 4 is 11.8 Å². The molecule has 0 radical (unpaired) electrons. The lowest BCUT2D eigenvalue weighted by Gasteiger charge is -2.40. The highest BCUT2D eigenvalue weighted by Gasteiger charge is 2.32. The van der Waals surface area contributed by atoms with Gasteiger partial charge in [0.15, 0.2) is 0 Å². The molecule has 0 aromatic rings. The zero-order valence-electron chi connectivity index (χ0n) is 17.1. The van der Waals surface area contributed by atoms with E-state index < -0.39 is 0 Å². The third-order valence-electron chi connectivity index (χ3n) is 6.50. The number of carbonyl (C=O) groups excluding carboxylic acids is 2. The summed E-state index contributed by atoms with van der Waals surface area (Å²) < 4.78 is 5.34. The lowest BCUT2D eigenvalue weighted by Crippen LogP contribution is -2.57. The van der Waals surface area contributed by atoms with Crippen molar-refractivity contribution < 1.29 is 14.3 Å². The lowest BCUT2D eigenvalue weighted by atomic mass is 9.94. The molecule has 3 fully saturated rings. The summed E-state index contributed by atoms with van der Waals surface area (Å²) in [5, 5.41) is 0. The number of nitrogens with zero attached hydrogens (tertiary/aromatic N) is 4. The largest absolute Gasteiger partial charge is 0.379 e. The highest BCUT2D eigenvalue weighted by molar-refractivity contribution is 5.82. The molecule has 0 spiro atoms. The molecule has 1 atom stereocenters. The molecule has 7 heteroatoms. The van der Waals surface area contributed by atoms with Gasteiger partial charge >= 0.3 is 0 Å².